The van der Waals surface area contributed by atoms with Crippen LogP contribution in [-0.2, 0) is 4.79 Å². The Balaban J connectivity index is 2.03. The minimum Gasteiger partial charge on any atom is -0.300 e. The van der Waals surface area contributed by atoms with E-state index < -0.39 is 0 Å². The lowest BCUT2D eigenvalue weighted by molar-refractivity contribution is -0.118. The van der Waals surface area contributed by atoms with Crippen molar-refractivity contribution in [3.8, 4) is 0 Å². The quantitative estimate of drug-likeness (QED) is 0.655. The van der Waals surface area contributed by atoms with Gasteiger partial charge in [-0.2, -0.15) is 5.10 Å². The molecule has 2 heterocycles. The van der Waals surface area contributed by atoms with Crippen molar-refractivity contribution in [1.82, 2.24) is 10.2 Å². The normalized spacial score (nSPS) is 19.8. The second kappa shape index (κ2) is 3.36. The van der Waals surface area contributed by atoms with E-state index in [0.717, 1.165) is 25.2 Å². The largest absolute Gasteiger partial charge is 0.300 e. The van der Waals surface area contributed by atoms with E-state index in [0.29, 0.717) is 5.78 Å². The number of aromatic amines is 1. The fraction of sp³-hybridized carbons (Fsp3) is 0.500. The zero-order valence-electron chi connectivity index (χ0n) is 6.79. The van der Waals surface area contributed by atoms with Gasteiger partial charge >= 0.3 is 0 Å². The number of carbonyl (C=O) groups excluding carboxylic acids is 1. The Morgan fingerprint density at radius 3 is 2.75 bits per heavy atom. The van der Waals surface area contributed by atoms with Gasteiger partial charge in [0, 0.05) is 19.0 Å². The third-order valence-electron chi connectivity index (χ3n) is 2.15. The average molecular weight is 182 g/mol. The molecule has 0 bridgehead atoms. The van der Waals surface area contributed by atoms with Crippen LogP contribution in [0.25, 0.3) is 0 Å². The van der Waals surface area contributed by atoms with Crippen molar-refractivity contribution in [1.29, 1.82) is 0 Å². The van der Waals surface area contributed by atoms with Gasteiger partial charge in [0.15, 0.2) is 0 Å². The van der Waals surface area contributed by atoms with Gasteiger partial charge in [0.2, 0.25) is 0 Å². The molecule has 0 aliphatic carbocycles. The van der Waals surface area contributed by atoms with Crippen LogP contribution < -0.4 is 5.44 Å². The van der Waals surface area contributed by atoms with E-state index in [-0.39, 0.29) is 7.92 Å². The van der Waals surface area contributed by atoms with Gasteiger partial charge in [-0.1, -0.05) is 7.92 Å². The lowest BCUT2D eigenvalue weighted by Gasteiger charge is -2.19. The molecule has 1 fully saturated rings. The number of carbonyl (C=O) groups is 1. The van der Waals surface area contributed by atoms with Crippen LogP contribution in [0.3, 0.4) is 0 Å². The Bertz CT molecular complexity index is 261. The molecule has 1 aromatic rings. The van der Waals surface area contributed by atoms with E-state index in [1.807, 2.05) is 6.07 Å². The molecule has 3 nitrogen and oxygen atoms in total. The Morgan fingerprint density at radius 1 is 1.42 bits per heavy atom. The van der Waals surface area contributed by atoms with Gasteiger partial charge in [0.25, 0.3) is 0 Å². The first-order chi connectivity index (χ1) is 5.86. The van der Waals surface area contributed by atoms with E-state index in [4.69, 9.17) is 0 Å². The Kier molecular flexibility index (Phi) is 2.22. The standard InChI is InChI=1S/C8H11N2OP/c11-7-2-5-12(6-3-7)8-1-4-9-10-8/h1,4H,2-3,5-6H2,(H,9,10). The van der Waals surface area contributed by atoms with Gasteiger partial charge in [-0.25, -0.2) is 0 Å². The topological polar surface area (TPSA) is 45.8 Å². The van der Waals surface area contributed by atoms with Gasteiger partial charge < -0.3 is 0 Å². The molecule has 0 saturated carbocycles. The molecular formula is C8H11N2OP. The molecule has 1 aromatic heterocycles. The zero-order chi connectivity index (χ0) is 8.39. The van der Waals surface area contributed by atoms with Crippen LogP contribution in [0, 0.1) is 0 Å². The predicted octanol–water partition coefficient (Wildman–Crippen LogP) is 0.880. The number of rotatable bonds is 1. The van der Waals surface area contributed by atoms with Crippen LogP contribution in [0.1, 0.15) is 12.8 Å². The fourth-order valence-corrected chi connectivity index (χ4v) is 3.64. The maximum atomic E-state index is 11.0. The number of ketones is 1. The average Bonchev–Trinajstić information content (AvgIpc) is 2.58. The minimum absolute atomic E-state index is 0.0953. The highest BCUT2D eigenvalue weighted by atomic mass is 31.1. The summed E-state index contributed by atoms with van der Waals surface area (Å²) in [5.74, 6) is 0.424. The van der Waals surface area contributed by atoms with Gasteiger partial charge in [0.1, 0.15) is 5.78 Å². The molecule has 0 atom stereocenters. The Hall–Kier alpha value is -0.690. The van der Waals surface area contributed by atoms with Crippen molar-refractivity contribution in [3.05, 3.63) is 12.3 Å². The van der Waals surface area contributed by atoms with Gasteiger partial charge in [-0.05, 0) is 18.4 Å². The van der Waals surface area contributed by atoms with E-state index in [2.05, 4.69) is 10.2 Å². The second-order valence-electron chi connectivity index (χ2n) is 2.97. The summed E-state index contributed by atoms with van der Waals surface area (Å²) in [6.07, 6.45) is 5.43. The summed E-state index contributed by atoms with van der Waals surface area (Å²) in [7, 11) is -0.0953. The second-order valence-corrected chi connectivity index (χ2v) is 5.42. The molecule has 1 N–H and O–H groups in total. The first-order valence-corrected chi connectivity index (χ1v) is 5.83. The van der Waals surface area contributed by atoms with Crippen molar-refractivity contribution in [3.63, 3.8) is 0 Å². The van der Waals surface area contributed by atoms with Crippen molar-refractivity contribution in [2.24, 2.45) is 0 Å². The van der Waals surface area contributed by atoms with E-state index in [9.17, 15) is 4.79 Å². The fourth-order valence-electron chi connectivity index (χ4n) is 1.42. The first-order valence-electron chi connectivity index (χ1n) is 4.12. The van der Waals surface area contributed by atoms with Crippen LogP contribution in [0.5, 0.6) is 0 Å². The highest BCUT2D eigenvalue weighted by molar-refractivity contribution is 7.65. The summed E-state index contributed by atoms with van der Waals surface area (Å²) in [4.78, 5) is 11.0. The van der Waals surface area contributed by atoms with Crippen molar-refractivity contribution in [2.45, 2.75) is 12.8 Å². The number of Topliss-reactive ketones (excluding diaryl/α,β-unsaturated/α-hetero) is 1. The van der Waals surface area contributed by atoms with E-state index >= 15 is 0 Å². The molecule has 0 aromatic carbocycles. The van der Waals surface area contributed by atoms with Crippen molar-refractivity contribution < 1.29 is 4.79 Å². The number of hydrogen-bond acceptors (Lipinski definition) is 2. The van der Waals surface area contributed by atoms with E-state index in [1.165, 1.54) is 5.44 Å². The molecule has 1 aliphatic heterocycles. The lowest BCUT2D eigenvalue weighted by atomic mass is 10.2. The molecule has 64 valence electrons. The smallest absolute Gasteiger partial charge is 0.133 e. The predicted molar refractivity (Wildman–Crippen MR) is 49.1 cm³/mol. The Morgan fingerprint density at radius 2 is 2.17 bits per heavy atom. The molecular weight excluding hydrogens is 171 g/mol. The minimum atomic E-state index is -0.0953. The van der Waals surface area contributed by atoms with Crippen LogP contribution in [-0.4, -0.2) is 28.3 Å². The third kappa shape index (κ3) is 1.56. The maximum Gasteiger partial charge on any atom is 0.133 e. The third-order valence-corrected chi connectivity index (χ3v) is 4.61. The first kappa shape index (κ1) is 7.93. The molecule has 2 rings (SSSR count). The molecule has 1 aliphatic rings. The molecule has 0 radical (unpaired) electrons. The molecule has 0 unspecified atom stereocenters. The SMILES string of the molecule is O=C1CCP(c2ccn[nH]2)CC1. The van der Waals surface area contributed by atoms with Gasteiger partial charge in [-0.15, -0.1) is 0 Å². The van der Waals surface area contributed by atoms with E-state index in [1.54, 1.807) is 6.20 Å². The maximum absolute atomic E-state index is 11.0. The molecule has 4 heteroatoms. The molecule has 1 saturated heterocycles. The summed E-state index contributed by atoms with van der Waals surface area (Å²) >= 11 is 0. The number of H-pyrrole nitrogens is 1. The summed E-state index contributed by atoms with van der Waals surface area (Å²) in [6, 6.07) is 2.03. The van der Waals surface area contributed by atoms with Gasteiger partial charge in [0.05, 0.1) is 5.44 Å². The summed E-state index contributed by atoms with van der Waals surface area (Å²) in [5.41, 5.74) is 1.25. The van der Waals surface area contributed by atoms with Crippen LogP contribution >= 0.6 is 7.92 Å². The summed E-state index contributed by atoms with van der Waals surface area (Å²) in [5, 5.41) is 6.91. The summed E-state index contributed by atoms with van der Waals surface area (Å²) < 4.78 is 0. The number of nitrogens with zero attached hydrogens (tertiary/aromatic N) is 1. The van der Waals surface area contributed by atoms with Gasteiger partial charge in [-0.3, -0.25) is 9.89 Å². The zero-order valence-corrected chi connectivity index (χ0v) is 7.68. The van der Waals surface area contributed by atoms with Crippen molar-refractivity contribution >= 4 is 19.1 Å². The monoisotopic (exact) mass is 182 g/mol. The molecule has 0 spiro atoms. The highest BCUT2D eigenvalue weighted by Crippen LogP contribution is 2.38. The number of nitrogens with one attached hydrogen (secondary N) is 1. The molecule has 12 heavy (non-hydrogen) atoms. The summed E-state index contributed by atoms with van der Waals surface area (Å²) in [6.45, 7) is 0. The van der Waals surface area contributed by atoms with Crippen LogP contribution in [0.15, 0.2) is 12.3 Å². The van der Waals surface area contributed by atoms with Crippen LogP contribution in [0.2, 0.25) is 0 Å². The highest BCUT2D eigenvalue weighted by Gasteiger charge is 2.20. The van der Waals surface area contributed by atoms with Crippen molar-refractivity contribution in [2.75, 3.05) is 12.3 Å². The number of hydrogen-bond donors (Lipinski definition) is 1. The number of aromatic nitrogens is 2. The Labute approximate surface area is 72.3 Å². The lowest BCUT2D eigenvalue weighted by Crippen LogP contribution is -2.17. The van der Waals surface area contributed by atoms with Crippen LogP contribution in [0.4, 0.5) is 0 Å². The molecule has 0 amide bonds.